The van der Waals surface area contributed by atoms with E-state index in [0.717, 1.165) is 37.6 Å². The van der Waals surface area contributed by atoms with Crippen LogP contribution < -0.4 is 5.32 Å². The van der Waals surface area contributed by atoms with E-state index in [1.807, 2.05) is 18.5 Å². The normalized spacial score (nSPS) is 11.4. The van der Waals surface area contributed by atoms with Gasteiger partial charge in [0.15, 0.2) is 5.96 Å². The number of thiazole rings is 1. The fraction of sp³-hybridized carbons (Fsp3) is 0.571. The Balaban J connectivity index is 2.59. The van der Waals surface area contributed by atoms with Crippen LogP contribution in [0.1, 0.15) is 30.3 Å². The van der Waals surface area contributed by atoms with Crippen molar-refractivity contribution in [2.75, 3.05) is 20.1 Å². The molecule has 1 aromatic heterocycles. The summed E-state index contributed by atoms with van der Waals surface area (Å²) in [5.74, 6) is 0.958. The number of unbranched alkanes of at least 4 members (excludes halogenated alkanes) is 1. The van der Waals surface area contributed by atoms with E-state index in [1.165, 1.54) is 4.88 Å². The fourth-order valence-corrected chi connectivity index (χ4v) is 2.37. The second-order valence-corrected chi connectivity index (χ2v) is 5.32. The molecule has 0 aliphatic carbocycles. The number of hydrogen-bond acceptors (Lipinski definition) is 3. The summed E-state index contributed by atoms with van der Waals surface area (Å²) in [5, 5.41) is 3.33. The van der Waals surface area contributed by atoms with Crippen molar-refractivity contribution in [2.45, 2.75) is 33.2 Å². The Kier molecular flexibility index (Phi) is 7.18. The molecule has 0 saturated heterocycles. The molecule has 106 valence electrons. The Morgan fingerprint density at radius 3 is 3.00 bits per heavy atom. The second kappa shape index (κ2) is 8.69. The average Bonchev–Trinajstić information content (AvgIpc) is 2.80. The van der Waals surface area contributed by atoms with Gasteiger partial charge in [-0.25, -0.2) is 9.98 Å². The third-order valence-electron chi connectivity index (χ3n) is 2.82. The van der Waals surface area contributed by atoms with Crippen LogP contribution >= 0.6 is 11.3 Å². The molecule has 1 N–H and O–H groups in total. The number of guanidine groups is 1. The third kappa shape index (κ3) is 5.42. The standard InChI is InChI=1S/C14H24N4S/c1-5-7-8-9-18(4)14(15-6-2)16-10-13-12(3)17-11-19-13/h5,11H,1,6-10H2,2-4H3,(H,15,16). The molecule has 0 amide bonds. The maximum Gasteiger partial charge on any atom is 0.194 e. The minimum absolute atomic E-state index is 0.699. The molecule has 1 rings (SSSR count). The van der Waals surface area contributed by atoms with Crippen LogP contribution in [0, 0.1) is 6.92 Å². The maximum absolute atomic E-state index is 4.67. The van der Waals surface area contributed by atoms with Gasteiger partial charge in [-0.1, -0.05) is 6.08 Å². The van der Waals surface area contributed by atoms with E-state index in [4.69, 9.17) is 0 Å². The summed E-state index contributed by atoms with van der Waals surface area (Å²) in [5.41, 5.74) is 2.96. The molecule has 0 saturated carbocycles. The van der Waals surface area contributed by atoms with Gasteiger partial charge in [-0.3, -0.25) is 0 Å². The predicted octanol–water partition coefficient (Wildman–Crippen LogP) is 2.82. The summed E-state index contributed by atoms with van der Waals surface area (Å²) in [6, 6.07) is 0. The lowest BCUT2D eigenvalue weighted by Gasteiger charge is -2.21. The average molecular weight is 280 g/mol. The van der Waals surface area contributed by atoms with Gasteiger partial charge in [0.2, 0.25) is 0 Å². The third-order valence-corrected chi connectivity index (χ3v) is 3.74. The summed E-state index contributed by atoms with van der Waals surface area (Å²) in [6.45, 7) is 10.4. The summed E-state index contributed by atoms with van der Waals surface area (Å²) in [7, 11) is 2.07. The van der Waals surface area contributed by atoms with Crippen LogP contribution in [0.3, 0.4) is 0 Å². The van der Waals surface area contributed by atoms with Crippen molar-refractivity contribution in [3.05, 3.63) is 28.7 Å². The molecular formula is C14H24N4S. The lowest BCUT2D eigenvalue weighted by molar-refractivity contribution is 0.470. The van der Waals surface area contributed by atoms with Crippen molar-refractivity contribution in [3.63, 3.8) is 0 Å². The van der Waals surface area contributed by atoms with Crippen LogP contribution in [0.2, 0.25) is 0 Å². The summed E-state index contributed by atoms with van der Waals surface area (Å²) in [6.07, 6.45) is 4.10. The van der Waals surface area contributed by atoms with Crippen molar-refractivity contribution in [1.82, 2.24) is 15.2 Å². The highest BCUT2D eigenvalue weighted by molar-refractivity contribution is 7.09. The smallest absolute Gasteiger partial charge is 0.194 e. The Morgan fingerprint density at radius 2 is 2.42 bits per heavy atom. The molecule has 1 heterocycles. The summed E-state index contributed by atoms with van der Waals surface area (Å²) < 4.78 is 0. The SMILES string of the molecule is C=CCCCN(C)C(=NCc1scnc1C)NCC. The summed E-state index contributed by atoms with van der Waals surface area (Å²) in [4.78, 5) is 12.3. The molecule has 0 aromatic carbocycles. The minimum Gasteiger partial charge on any atom is -0.357 e. The molecule has 0 aliphatic heterocycles. The van der Waals surface area contributed by atoms with Crippen molar-refractivity contribution >= 4 is 17.3 Å². The van der Waals surface area contributed by atoms with Crippen LogP contribution in [-0.4, -0.2) is 36.0 Å². The van der Waals surface area contributed by atoms with Gasteiger partial charge in [0, 0.05) is 25.0 Å². The lowest BCUT2D eigenvalue weighted by atomic mass is 10.3. The molecule has 19 heavy (non-hydrogen) atoms. The molecule has 4 nitrogen and oxygen atoms in total. The molecule has 0 bridgehead atoms. The van der Waals surface area contributed by atoms with Crippen LogP contribution in [0.25, 0.3) is 0 Å². The van der Waals surface area contributed by atoms with E-state index in [1.54, 1.807) is 11.3 Å². The van der Waals surface area contributed by atoms with E-state index in [0.29, 0.717) is 6.54 Å². The number of rotatable bonds is 7. The maximum atomic E-state index is 4.67. The minimum atomic E-state index is 0.699. The van der Waals surface area contributed by atoms with Crippen LogP contribution in [-0.2, 0) is 6.54 Å². The zero-order valence-electron chi connectivity index (χ0n) is 12.1. The number of nitrogens with zero attached hydrogens (tertiary/aromatic N) is 3. The number of aryl methyl sites for hydroxylation is 1. The molecule has 0 fully saturated rings. The molecule has 0 atom stereocenters. The van der Waals surface area contributed by atoms with Gasteiger partial charge in [-0.15, -0.1) is 17.9 Å². The van der Waals surface area contributed by atoms with Crippen molar-refractivity contribution in [3.8, 4) is 0 Å². The number of nitrogens with one attached hydrogen (secondary N) is 1. The van der Waals surface area contributed by atoms with E-state index >= 15 is 0 Å². The second-order valence-electron chi connectivity index (χ2n) is 4.38. The predicted molar refractivity (Wildman–Crippen MR) is 83.7 cm³/mol. The zero-order chi connectivity index (χ0) is 14.1. The molecule has 0 spiro atoms. The largest absolute Gasteiger partial charge is 0.357 e. The number of allylic oxidation sites excluding steroid dienone is 1. The zero-order valence-corrected chi connectivity index (χ0v) is 13.0. The van der Waals surface area contributed by atoms with Crippen LogP contribution in [0.4, 0.5) is 0 Å². The lowest BCUT2D eigenvalue weighted by Crippen LogP contribution is -2.39. The molecular weight excluding hydrogens is 256 g/mol. The summed E-state index contributed by atoms with van der Waals surface area (Å²) >= 11 is 1.67. The van der Waals surface area contributed by atoms with E-state index in [2.05, 4.69) is 40.7 Å². The highest BCUT2D eigenvalue weighted by Gasteiger charge is 2.06. The Labute approximate surface area is 120 Å². The monoisotopic (exact) mass is 280 g/mol. The van der Waals surface area contributed by atoms with E-state index in [-0.39, 0.29) is 0 Å². The first-order valence-corrected chi connectivity index (χ1v) is 7.56. The van der Waals surface area contributed by atoms with Gasteiger partial charge in [0.25, 0.3) is 0 Å². The van der Waals surface area contributed by atoms with Gasteiger partial charge in [0.1, 0.15) is 0 Å². The van der Waals surface area contributed by atoms with Gasteiger partial charge in [0.05, 0.1) is 17.7 Å². The number of aromatic nitrogens is 1. The quantitative estimate of drug-likeness (QED) is 0.361. The highest BCUT2D eigenvalue weighted by atomic mass is 32.1. The number of aliphatic imine (C=N–C) groups is 1. The van der Waals surface area contributed by atoms with Gasteiger partial charge in [-0.2, -0.15) is 0 Å². The fourth-order valence-electron chi connectivity index (χ4n) is 1.67. The van der Waals surface area contributed by atoms with E-state index < -0.39 is 0 Å². The van der Waals surface area contributed by atoms with E-state index in [9.17, 15) is 0 Å². The topological polar surface area (TPSA) is 40.5 Å². The van der Waals surface area contributed by atoms with Crippen LogP contribution in [0.15, 0.2) is 23.2 Å². The Morgan fingerprint density at radius 1 is 1.63 bits per heavy atom. The molecule has 1 aromatic rings. The molecule has 5 heteroatoms. The van der Waals surface area contributed by atoms with Gasteiger partial charge >= 0.3 is 0 Å². The Hall–Kier alpha value is -1.36. The highest BCUT2D eigenvalue weighted by Crippen LogP contribution is 2.13. The van der Waals surface area contributed by atoms with Crippen molar-refractivity contribution in [2.24, 2.45) is 4.99 Å². The van der Waals surface area contributed by atoms with Gasteiger partial charge < -0.3 is 10.2 Å². The first-order valence-electron chi connectivity index (χ1n) is 6.68. The first kappa shape index (κ1) is 15.7. The molecule has 0 radical (unpaired) electrons. The van der Waals surface area contributed by atoms with Crippen LogP contribution in [0.5, 0.6) is 0 Å². The van der Waals surface area contributed by atoms with Gasteiger partial charge in [-0.05, 0) is 26.7 Å². The Bertz CT molecular complexity index is 411. The van der Waals surface area contributed by atoms with Crippen molar-refractivity contribution in [1.29, 1.82) is 0 Å². The molecule has 0 unspecified atom stereocenters. The first-order chi connectivity index (χ1) is 9.19. The number of hydrogen-bond donors (Lipinski definition) is 1. The molecule has 0 aliphatic rings. The van der Waals surface area contributed by atoms with Crippen molar-refractivity contribution < 1.29 is 0 Å².